The van der Waals surface area contributed by atoms with Crippen LogP contribution >= 0.6 is 0 Å². The first-order valence-corrected chi connectivity index (χ1v) is 6.48. The number of fused-ring (bicyclic) bond motifs is 1. The van der Waals surface area contributed by atoms with Crippen molar-refractivity contribution in [2.75, 3.05) is 26.4 Å². The first kappa shape index (κ1) is 11.8. The lowest BCUT2D eigenvalue weighted by atomic mass is 9.86. The summed E-state index contributed by atoms with van der Waals surface area (Å²) in [6, 6.07) is 5.71. The van der Waals surface area contributed by atoms with Crippen LogP contribution in [0.5, 0.6) is 11.5 Å². The standard InChI is InChI=1S/C14H18O4/c15-14(4-1-6-16-7-5-14)11-2-3-12-13(10-11)18-9-8-17-12/h2-3,10,15H,1,4-9H2. The number of hydrogen-bond acceptors (Lipinski definition) is 4. The van der Waals surface area contributed by atoms with Crippen molar-refractivity contribution in [3.05, 3.63) is 23.8 Å². The third kappa shape index (κ3) is 2.18. The van der Waals surface area contributed by atoms with E-state index in [1.165, 1.54) is 0 Å². The molecule has 1 atom stereocenters. The summed E-state index contributed by atoms with van der Waals surface area (Å²) in [4.78, 5) is 0. The Morgan fingerprint density at radius 2 is 1.78 bits per heavy atom. The number of ether oxygens (including phenoxy) is 3. The largest absolute Gasteiger partial charge is 0.486 e. The average Bonchev–Trinajstić information content (AvgIpc) is 2.64. The second kappa shape index (κ2) is 4.78. The zero-order valence-corrected chi connectivity index (χ0v) is 10.4. The first-order chi connectivity index (χ1) is 8.78. The summed E-state index contributed by atoms with van der Waals surface area (Å²) in [6.07, 6.45) is 2.24. The van der Waals surface area contributed by atoms with E-state index in [1.54, 1.807) is 0 Å². The fourth-order valence-electron chi connectivity index (χ4n) is 2.56. The van der Waals surface area contributed by atoms with E-state index in [4.69, 9.17) is 14.2 Å². The minimum atomic E-state index is -0.799. The van der Waals surface area contributed by atoms with Crippen LogP contribution < -0.4 is 9.47 Å². The molecule has 1 unspecified atom stereocenters. The molecule has 1 saturated heterocycles. The van der Waals surface area contributed by atoms with E-state index in [-0.39, 0.29) is 0 Å². The molecule has 2 heterocycles. The van der Waals surface area contributed by atoms with Gasteiger partial charge >= 0.3 is 0 Å². The van der Waals surface area contributed by atoms with Gasteiger partial charge in [0.05, 0.1) is 5.60 Å². The molecule has 0 saturated carbocycles. The summed E-state index contributed by atoms with van der Waals surface area (Å²) in [6.45, 7) is 2.49. The topological polar surface area (TPSA) is 47.9 Å². The minimum Gasteiger partial charge on any atom is -0.486 e. The number of benzene rings is 1. The van der Waals surface area contributed by atoms with E-state index >= 15 is 0 Å². The number of hydrogen-bond donors (Lipinski definition) is 1. The van der Waals surface area contributed by atoms with Crippen molar-refractivity contribution >= 4 is 0 Å². The van der Waals surface area contributed by atoms with Crippen LogP contribution in [0.4, 0.5) is 0 Å². The highest BCUT2D eigenvalue weighted by Gasteiger charge is 2.31. The maximum Gasteiger partial charge on any atom is 0.161 e. The molecule has 1 aromatic rings. The van der Waals surface area contributed by atoms with Crippen LogP contribution in [0, 0.1) is 0 Å². The summed E-state index contributed by atoms with van der Waals surface area (Å²) >= 11 is 0. The van der Waals surface area contributed by atoms with Gasteiger partial charge < -0.3 is 19.3 Å². The van der Waals surface area contributed by atoms with Crippen molar-refractivity contribution in [2.45, 2.75) is 24.9 Å². The van der Waals surface area contributed by atoms with Gasteiger partial charge in [0.15, 0.2) is 11.5 Å². The molecule has 0 spiro atoms. The molecule has 0 aromatic heterocycles. The van der Waals surface area contributed by atoms with Gasteiger partial charge in [-0.1, -0.05) is 6.07 Å². The molecule has 1 fully saturated rings. The second-order valence-electron chi connectivity index (χ2n) is 4.86. The Bertz CT molecular complexity index is 422. The molecule has 98 valence electrons. The summed E-state index contributed by atoms with van der Waals surface area (Å²) in [5.74, 6) is 1.50. The molecule has 0 radical (unpaired) electrons. The fraction of sp³-hybridized carbons (Fsp3) is 0.571. The first-order valence-electron chi connectivity index (χ1n) is 6.48. The van der Waals surface area contributed by atoms with Crippen molar-refractivity contribution in [3.63, 3.8) is 0 Å². The highest BCUT2D eigenvalue weighted by atomic mass is 16.6. The molecule has 0 bridgehead atoms. The van der Waals surface area contributed by atoms with Gasteiger partial charge in [0, 0.05) is 19.6 Å². The summed E-state index contributed by atoms with van der Waals surface area (Å²) < 4.78 is 16.5. The quantitative estimate of drug-likeness (QED) is 0.826. The van der Waals surface area contributed by atoms with Crippen molar-refractivity contribution in [2.24, 2.45) is 0 Å². The Kier molecular flexibility index (Phi) is 3.14. The van der Waals surface area contributed by atoms with Gasteiger partial charge in [-0.15, -0.1) is 0 Å². The Labute approximate surface area is 106 Å². The van der Waals surface area contributed by atoms with Crippen molar-refractivity contribution in [3.8, 4) is 11.5 Å². The second-order valence-corrected chi connectivity index (χ2v) is 4.86. The van der Waals surface area contributed by atoms with E-state index in [1.807, 2.05) is 18.2 Å². The van der Waals surface area contributed by atoms with E-state index in [9.17, 15) is 5.11 Å². The van der Waals surface area contributed by atoms with Gasteiger partial charge in [-0.2, -0.15) is 0 Å². The molecule has 4 nitrogen and oxygen atoms in total. The van der Waals surface area contributed by atoms with E-state index in [0.29, 0.717) is 26.2 Å². The van der Waals surface area contributed by atoms with Crippen LogP contribution in [-0.2, 0) is 10.3 Å². The molecule has 0 amide bonds. The highest BCUT2D eigenvalue weighted by molar-refractivity contribution is 5.45. The zero-order chi connectivity index (χ0) is 12.4. The van der Waals surface area contributed by atoms with E-state index in [0.717, 1.165) is 36.5 Å². The SMILES string of the molecule is OC1(c2ccc3c(c2)OCCO3)CCCOCC1. The van der Waals surface area contributed by atoms with Crippen molar-refractivity contribution in [1.82, 2.24) is 0 Å². The molecular formula is C14H18O4. The van der Waals surface area contributed by atoms with Crippen LogP contribution in [0.2, 0.25) is 0 Å². The maximum atomic E-state index is 10.7. The van der Waals surface area contributed by atoms with Crippen LogP contribution in [0.3, 0.4) is 0 Å². The van der Waals surface area contributed by atoms with Crippen LogP contribution in [0.25, 0.3) is 0 Å². The molecule has 1 N–H and O–H groups in total. The predicted octanol–water partition coefficient (Wildman–Crippen LogP) is 1.85. The highest BCUT2D eigenvalue weighted by Crippen LogP contribution is 2.38. The molecule has 3 rings (SSSR count). The normalized spacial score (nSPS) is 27.6. The Morgan fingerprint density at radius 1 is 0.944 bits per heavy atom. The third-order valence-corrected chi connectivity index (χ3v) is 3.62. The summed E-state index contributed by atoms with van der Waals surface area (Å²) in [5.41, 5.74) is 0.101. The summed E-state index contributed by atoms with van der Waals surface area (Å²) in [5, 5.41) is 10.7. The lowest BCUT2D eigenvalue weighted by Crippen LogP contribution is -2.26. The molecular weight excluding hydrogens is 232 g/mol. The van der Waals surface area contributed by atoms with Gasteiger partial charge in [-0.3, -0.25) is 0 Å². The van der Waals surface area contributed by atoms with E-state index in [2.05, 4.69) is 0 Å². The monoisotopic (exact) mass is 250 g/mol. The fourth-order valence-corrected chi connectivity index (χ4v) is 2.56. The van der Waals surface area contributed by atoms with Crippen molar-refractivity contribution in [1.29, 1.82) is 0 Å². The minimum absolute atomic E-state index is 0.567. The van der Waals surface area contributed by atoms with E-state index < -0.39 is 5.60 Å². The summed E-state index contributed by atoms with van der Waals surface area (Å²) in [7, 11) is 0. The Morgan fingerprint density at radius 3 is 2.67 bits per heavy atom. The smallest absolute Gasteiger partial charge is 0.161 e. The lowest BCUT2D eigenvalue weighted by Gasteiger charge is -2.28. The maximum absolute atomic E-state index is 10.7. The molecule has 4 heteroatoms. The Balaban J connectivity index is 1.90. The van der Waals surface area contributed by atoms with Crippen molar-refractivity contribution < 1.29 is 19.3 Å². The van der Waals surface area contributed by atoms with Gasteiger partial charge in [-0.25, -0.2) is 0 Å². The average molecular weight is 250 g/mol. The third-order valence-electron chi connectivity index (χ3n) is 3.62. The lowest BCUT2D eigenvalue weighted by molar-refractivity contribution is 0.0139. The Hall–Kier alpha value is -1.26. The molecule has 0 aliphatic carbocycles. The molecule has 2 aliphatic heterocycles. The van der Waals surface area contributed by atoms with Gasteiger partial charge in [-0.05, 0) is 30.5 Å². The molecule has 1 aromatic carbocycles. The van der Waals surface area contributed by atoms with Crippen LogP contribution in [0.15, 0.2) is 18.2 Å². The number of rotatable bonds is 1. The zero-order valence-electron chi connectivity index (χ0n) is 10.4. The van der Waals surface area contributed by atoms with Crippen LogP contribution in [-0.4, -0.2) is 31.5 Å². The number of aliphatic hydroxyl groups is 1. The molecule has 2 aliphatic rings. The van der Waals surface area contributed by atoms with Gasteiger partial charge in [0.2, 0.25) is 0 Å². The molecule has 18 heavy (non-hydrogen) atoms. The predicted molar refractivity (Wildman–Crippen MR) is 66.0 cm³/mol. The van der Waals surface area contributed by atoms with Gasteiger partial charge in [0.25, 0.3) is 0 Å². The van der Waals surface area contributed by atoms with Gasteiger partial charge in [0.1, 0.15) is 13.2 Å². The van der Waals surface area contributed by atoms with Crippen LogP contribution in [0.1, 0.15) is 24.8 Å².